The van der Waals surface area contributed by atoms with Crippen LogP contribution < -0.4 is 11.1 Å². The third kappa shape index (κ3) is 3.73. The van der Waals surface area contributed by atoms with Crippen LogP contribution >= 0.6 is 0 Å². The van der Waals surface area contributed by atoms with Crippen LogP contribution in [0.1, 0.15) is 51.9 Å². The molecular formula is C16H30N2O2. The number of carbonyl (C=O) groups excluding carboxylic acids is 1. The maximum atomic E-state index is 12.4. The predicted octanol–water partition coefficient (Wildman–Crippen LogP) is 2.07. The monoisotopic (exact) mass is 282 g/mol. The van der Waals surface area contributed by atoms with Gasteiger partial charge in [-0.1, -0.05) is 32.6 Å². The van der Waals surface area contributed by atoms with Gasteiger partial charge in [-0.25, -0.2) is 0 Å². The summed E-state index contributed by atoms with van der Waals surface area (Å²) in [4.78, 5) is 12.4. The average molecular weight is 282 g/mol. The molecule has 2 fully saturated rings. The predicted molar refractivity (Wildman–Crippen MR) is 80.3 cm³/mol. The highest BCUT2D eigenvalue weighted by Gasteiger charge is 2.38. The van der Waals surface area contributed by atoms with Crippen LogP contribution in [0.25, 0.3) is 0 Å². The van der Waals surface area contributed by atoms with E-state index < -0.39 is 0 Å². The van der Waals surface area contributed by atoms with Gasteiger partial charge >= 0.3 is 0 Å². The number of hydrogen-bond donors (Lipinski definition) is 2. The molecule has 0 aromatic rings. The zero-order valence-electron chi connectivity index (χ0n) is 12.8. The van der Waals surface area contributed by atoms with Crippen LogP contribution in [0.5, 0.6) is 0 Å². The van der Waals surface area contributed by atoms with Crippen molar-refractivity contribution < 1.29 is 9.53 Å². The van der Waals surface area contributed by atoms with Crippen molar-refractivity contribution >= 4 is 5.91 Å². The molecule has 20 heavy (non-hydrogen) atoms. The Morgan fingerprint density at radius 1 is 1.30 bits per heavy atom. The van der Waals surface area contributed by atoms with Crippen LogP contribution in [0.3, 0.4) is 0 Å². The number of ether oxygens (including phenoxy) is 1. The van der Waals surface area contributed by atoms with Crippen molar-refractivity contribution in [2.24, 2.45) is 23.0 Å². The van der Waals surface area contributed by atoms with Crippen molar-refractivity contribution in [1.82, 2.24) is 5.32 Å². The molecule has 0 bridgehead atoms. The molecule has 2 unspecified atom stereocenters. The minimum absolute atomic E-state index is 0.145. The van der Waals surface area contributed by atoms with E-state index in [1.807, 2.05) is 0 Å². The van der Waals surface area contributed by atoms with E-state index in [1.54, 1.807) is 0 Å². The first kappa shape index (κ1) is 15.8. The summed E-state index contributed by atoms with van der Waals surface area (Å²) in [5.41, 5.74) is 5.48. The number of rotatable bonds is 5. The normalized spacial score (nSPS) is 29.9. The van der Waals surface area contributed by atoms with Crippen molar-refractivity contribution in [2.45, 2.75) is 51.9 Å². The van der Waals surface area contributed by atoms with Gasteiger partial charge in [0.2, 0.25) is 5.91 Å². The van der Waals surface area contributed by atoms with Gasteiger partial charge in [0, 0.05) is 26.3 Å². The lowest BCUT2D eigenvalue weighted by Crippen LogP contribution is -2.49. The highest BCUT2D eigenvalue weighted by Crippen LogP contribution is 2.32. The van der Waals surface area contributed by atoms with Crippen LogP contribution in [-0.2, 0) is 9.53 Å². The zero-order chi connectivity index (χ0) is 14.4. The fourth-order valence-electron chi connectivity index (χ4n) is 3.67. The zero-order valence-corrected chi connectivity index (χ0v) is 12.8. The Hall–Kier alpha value is -0.610. The van der Waals surface area contributed by atoms with Gasteiger partial charge in [-0.3, -0.25) is 4.79 Å². The van der Waals surface area contributed by atoms with Gasteiger partial charge in [-0.2, -0.15) is 0 Å². The highest BCUT2D eigenvalue weighted by molar-refractivity contribution is 5.83. The SMILES string of the molecule is CC1CCCCC1CCNC(=O)C1(CN)CCOCC1. The Kier molecular flexibility index (Phi) is 5.85. The molecule has 116 valence electrons. The molecule has 1 aliphatic heterocycles. The average Bonchev–Trinajstić information content (AvgIpc) is 2.49. The number of carbonyl (C=O) groups is 1. The first-order valence-corrected chi connectivity index (χ1v) is 8.24. The van der Waals surface area contributed by atoms with Gasteiger partial charge in [-0.05, 0) is 31.1 Å². The summed E-state index contributed by atoms with van der Waals surface area (Å²) >= 11 is 0. The van der Waals surface area contributed by atoms with Crippen LogP contribution in [0.2, 0.25) is 0 Å². The van der Waals surface area contributed by atoms with Crippen LogP contribution in [0.15, 0.2) is 0 Å². The topological polar surface area (TPSA) is 64.4 Å². The van der Waals surface area contributed by atoms with Gasteiger partial charge < -0.3 is 15.8 Å². The van der Waals surface area contributed by atoms with Crippen molar-refractivity contribution in [3.63, 3.8) is 0 Å². The fourth-order valence-corrected chi connectivity index (χ4v) is 3.67. The van der Waals surface area contributed by atoms with Crippen molar-refractivity contribution in [2.75, 3.05) is 26.3 Å². The van der Waals surface area contributed by atoms with E-state index in [0.717, 1.165) is 37.6 Å². The summed E-state index contributed by atoms with van der Waals surface area (Å²) in [6.45, 7) is 4.90. The Labute approximate surface area is 122 Å². The molecule has 4 heteroatoms. The molecule has 0 spiro atoms. The molecule has 3 N–H and O–H groups in total. The van der Waals surface area contributed by atoms with E-state index in [1.165, 1.54) is 25.7 Å². The van der Waals surface area contributed by atoms with E-state index in [-0.39, 0.29) is 11.3 Å². The molecule has 1 aliphatic carbocycles. The molecule has 4 nitrogen and oxygen atoms in total. The Morgan fingerprint density at radius 3 is 2.65 bits per heavy atom. The fraction of sp³-hybridized carbons (Fsp3) is 0.938. The van der Waals surface area contributed by atoms with Crippen LogP contribution in [-0.4, -0.2) is 32.2 Å². The van der Waals surface area contributed by atoms with E-state index in [4.69, 9.17) is 10.5 Å². The van der Waals surface area contributed by atoms with E-state index in [0.29, 0.717) is 19.8 Å². The summed E-state index contributed by atoms with van der Waals surface area (Å²) in [7, 11) is 0. The second kappa shape index (κ2) is 7.41. The van der Waals surface area contributed by atoms with Crippen LogP contribution in [0, 0.1) is 17.3 Å². The summed E-state index contributed by atoms with van der Waals surface area (Å²) < 4.78 is 5.35. The number of hydrogen-bond acceptors (Lipinski definition) is 3. The smallest absolute Gasteiger partial charge is 0.227 e. The van der Waals surface area contributed by atoms with E-state index >= 15 is 0 Å². The standard InChI is InChI=1S/C16H30N2O2/c1-13-4-2-3-5-14(13)6-9-18-15(19)16(12-17)7-10-20-11-8-16/h13-14H,2-12,17H2,1H3,(H,18,19). The summed E-state index contributed by atoms with van der Waals surface area (Å²) in [6, 6.07) is 0. The van der Waals surface area contributed by atoms with Crippen LogP contribution in [0.4, 0.5) is 0 Å². The maximum absolute atomic E-state index is 12.4. The quantitative estimate of drug-likeness (QED) is 0.811. The van der Waals surface area contributed by atoms with E-state index in [2.05, 4.69) is 12.2 Å². The minimum atomic E-state index is -0.379. The number of nitrogens with one attached hydrogen (secondary N) is 1. The molecule has 2 rings (SSSR count). The first-order valence-electron chi connectivity index (χ1n) is 8.24. The lowest BCUT2D eigenvalue weighted by molar-refractivity contribution is -0.135. The molecule has 0 aromatic heterocycles. The molecule has 1 amide bonds. The van der Waals surface area contributed by atoms with Gasteiger partial charge in [0.15, 0.2) is 0 Å². The minimum Gasteiger partial charge on any atom is -0.381 e. The molecule has 1 saturated carbocycles. The molecule has 2 atom stereocenters. The van der Waals surface area contributed by atoms with Gasteiger partial charge in [0.05, 0.1) is 5.41 Å². The van der Waals surface area contributed by atoms with Crippen molar-refractivity contribution in [3.05, 3.63) is 0 Å². The van der Waals surface area contributed by atoms with Crippen molar-refractivity contribution in [1.29, 1.82) is 0 Å². The number of nitrogens with two attached hydrogens (primary N) is 1. The Morgan fingerprint density at radius 2 is 2.00 bits per heavy atom. The second-order valence-corrected chi connectivity index (χ2v) is 6.66. The molecule has 0 radical (unpaired) electrons. The lowest BCUT2D eigenvalue weighted by Gasteiger charge is -2.35. The maximum Gasteiger partial charge on any atom is 0.227 e. The molecule has 1 saturated heterocycles. The Balaban J connectivity index is 1.76. The molecule has 0 aromatic carbocycles. The Bertz CT molecular complexity index is 314. The van der Waals surface area contributed by atoms with Gasteiger partial charge in [-0.15, -0.1) is 0 Å². The first-order chi connectivity index (χ1) is 9.68. The third-order valence-corrected chi connectivity index (χ3v) is 5.41. The van der Waals surface area contributed by atoms with E-state index in [9.17, 15) is 4.79 Å². The van der Waals surface area contributed by atoms with Gasteiger partial charge in [0.25, 0.3) is 0 Å². The third-order valence-electron chi connectivity index (χ3n) is 5.41. The molecular weight excluding hydrogens is 252 g/mol. The number of amides is 1. The summed E-state index contributed by atoms with van der Waals surface area (Å²) in [5.74, 6) is 1.74. The highest BCUT2D eigenvalue weighted by atomic mass is 16.5. The summed E-state index contributed by atoms with van der Waals surface area (Å²) in [6.07, 6.45) is 8.04. The summed E-state index contributed by atoms with van der Waals surface area (Å²) in [5, 5.41) is 3.14. The van der Waals surface area contributed by atoms with Gasteiger partial charge in [0.1, 0.15) is 0 Å². The molecule has 2 aliphatic rings. The largest absolute Gasteiger partial charge is 0.381 e. The van der Waals surface area contributed by atoms with Crippen molar-refractivity contribution in [3.8, 4) is 0 Å². The second-order valence-electron chi connectivity index (χ2n) is 6.66. The lowest BCUT2D eigenvalue weighted by atomic mass is 9.78. The molecule has 1 heterocycles.